The van der Waals surface area contributed by atoms with Crippen molar-refractivity contribution in [1.29, 1.82) is 0 Å². The fraction of sp³-hybridized carbons (Fsp3) is 0.125. The third kappa shape index (κ3) is 2.58. The van der Waals surface area contributed by atoms with Gasteiger partial charge in [-0.1, -0.05) is 11.2 Å². The van der Waals surface area contributed by atoms with Crippen LogP contribution in [0.5, 0.6) is 11.5 Å². The van der Waals surface area contributed by atoms with Gasteiger partial charge in [-0.25, -0.2) is 0 Å². The Morgan fingerprint density at radius 2 is 1.86 bits per heavy atom. The number of ether oxygens (including phenoxy) is 1. The molecule has 1 N–H and O–H groups in total. The van der Waals surface area contributed by atoms with Crippen LogP contribution in [-0.4, -0.2) is 22.4 Å². The van der Waals surface area contributed by atoms with Gasteiger partial charge in [0.05, 0.1) is 12.7 Å². The van der Waals surface area contributed by atoms with Crippen LogP contribution >= 0.6 is 0 Å². The zero-order valence-electron chi connectivity index (χ0n) is 11.7. The van der Waals surface area contributed by atoms with Gasteiger partial charge in [-0.15, -0.1) is 0 Å². The highest BCUT2D eigenvalue weighted by molar-refractivity contribution is 5.66. The van der Waals surface area contributed by atoms with Crippen LogP contribution in [0.25, 0.3) is 22.8 Å². The number of aromatic nitrogens is 2. The van der Waals surface area contributed by atoms with Crippen LogP contribution in [0.2, 0.25) is 0 Å². The monoisotopic (exact) mass is 282 g/mol. The van der Waals surface area contributed by atoms with Gasteiger partial charge in [-0.05, 0) is 48.9 Å². The molecule has 3 rings (SSSR count). The van der Waals surface area contributed by atoms with Crippen molar-refractivity contribution in [3.05, 3.63) is 48.0 Å². The van der Waals surface area contributed by atoms with Gasteiger partial charge in [-0.2, -0.15) is 4.98 Å². The summed E-state index contributed by atoms with van der Waals surface area (Å²) in [5, 5.41) is 13.3. The third-order valence-corrected chi connectivity index (χ3v) is 3.14. The van der Waals surface area contributed by atoms with Crippen LogP contribution in [0.3, 0.4) is 0 Å². The van der Waals surface area contributed by atoms with Crippen LogP contribution in [0, 0.1) is 6.92 Å². The van der Waals surface area contributed by atoms with E-state index in [0.717, 1.165) is 16.7 Å². The van der Waals surface area contributed by atoms with E-state index in [0.29, 0.717) is 17.5 Å². The number of phenols is 1. The molecule has 5 nitrogen and oxygen atoms in total. The van der Waals surface area contributed by atoms with E-state index in [1.54, 1.807) is 31.4 Å². The van der Waals surface area contributed by atoms with Gasteiger partial charge in [0.25, 0.3) is 5.89 Å². The Morgan fingerprint density at radius 1 is 1.10 bits per heavy atom. The summed E-state index contributed by atoms with van der Waals surface area (Å²) in [6, 6.07) is 12.4. The van der Waals surface area contributed by atoms with Gasteiger partial charge in [0.1, 0.15) is 11.5 Å². The molecule has 0 fully saturated rings. The fourth-order valence-electron chi connectivity index (χ4n) is 2.04. The van der Waals surface area contributed by atoms with Crippen molar-refractivity contribution in [1.82, 2.24) is 10.1 Å². The second kappa shape index (κ2) is 5.28. The number of nitrogens with zero attached hydrogens (tertiary/aromatic N) is 2. The second-order valence-corrected chi connectivity index (χ2v) is 4.67. The summed E-state index contributed by atoms with van der Waals surface area (Å²) in [5.41, 5.74) is 2.62. The molecule has 0 bridgehead atoms. The number of benzene rings is 2. The van der Waals surface area contributed by atoms with Crippen molar-refractivity contribution in [3.63, 3.8) is 0 Å². The molecular weight excluding hydrogens is 268 g/mol. The molecule has 0 aliphatic carbocycles. The van der Waals surface area contributed by atoms with Gasteiger partial charge < -0.3 is 14.4 Å². The predicted octanol–water partition coefficient (Wildman–Crippen LogP) is 3.43. The molecule has 0 aliphatic rings. The summed E-state index contributed by atoms with van der Waals surface area (Å²) in [4.78, 5) is 4.38. The average Bonchev–Trinajstić information content (AvgIpc) is 2.97. The van der Waals surface area contributed by atoms with Crippen molar-refractivity contribution in [2.45, 2.75) is 6.92 Å². The molecule has 0 radical (unpaired) electrons. The zero-order valence-corrected chi connectivity index (χ0v) is 11.7. The van der Waals surface area contributed by atoms with E-state index in [-0.39, 0.29) is 5.75 Å². The first-order valence-electron chi connectivity index (χ1n) is 6.45. The van der Waals surface area contributed by atoms with Crippen molar-refractivity contribution in [3.8, 4) is 34.3 Å². The Morgan fingerprint density at radius 3 is 2.57 bits per heavy atom. The number of methoxy groups -OCH3 is 1. The van der Waals surface area contributed by atoms with Crippen molar-refractivity contribution < 1.29 is 14.4 Å². The van der Waals surface area contributed by atoms with Crippen molar-refractivity contribution in [2.24, 2.45) is 0 Å². The largest absolute Gasteiger partial charge is 0.508 e. The second-order valence-electron chi connectivity index (χ2n) is 4.67. The van der Waals surface area contributed by atoms with E-state index in [4.69, 9.17) is 9.26 Å². The first-order chi connectivity index (χ1) is 10.2. The topological polar surface area (TPSA) is 68.4 Å². The molecule has 0 saturated heterocycles. The molecule has 21 heavy (non-hydrogen) atoms. The van der Waals surface area contributed by atoms with Crippen LogP contribution in [0.4, 0.5) is 0 Å². The van der Waals surface area contributed by atoms with Gasteiger partial charge in [-0.3, -0.25) is 0 Å². The van der Waals surface area contributed by atoms with Gasteiger partial charge >= 0.3 is 0 Å². The summed E-state index contributed by atoms with van der Waals surface area (Å²) >= 11 is 0. The first-order valence-corrected chi connectivity index (χ1v) is 6.45. The maximum atomic E-state index is 9.30. The minimum Gasteiger partial charge on any atom is -0.508 e. The summed E-state index contributed by atoms with van der Waals surface area (Å²) in [6.07, 6.45) is 0. The molecule has 3 aromatic rings. The lowest BCUT2D eigenvalue weighted by atomic mass is 10.1. The normalized spacial score (nSPS) is 10.6. The lowest BCUT2D eigenvalue weighted by Crippen LogP contribution is -1.90. The molecule has 0 aliphatic heterocycles. The van der Waals surface area contributed by atoms with Crippen molar-refractivity contribution in [2.75, 3.05) is 7.11 Å². The molecule has 0 atom stereocenters. The van der Waals surface area contributed by atoms with Gasteiger partial charge in [0.15, 0.2) is 0 Å². The Hall–Kier alpha value is -2.82. The molecule has 1 heterocycles. The summed E-state index contributed by atoms with van der Waals surface area (Å²) in [6.45, 7) is 1.99. The van der Waals surface area contributed by atoms with Gasteiger partial charge in [0.2, 0.25) is 5.82 Å². The summed E-state index contributed by atoms with van der Waals surface area (Å²) < 4.78 is 10.6. The number of aromatic hydroxyl groups is 1. The number of phenolic OH excluding ortho intramolecular Hbond substituents is 1. The van der Waals surface area contributed by atoms with Crippen LogP contribution in [0.1, 0.15) is 5.56 Å². The Bertz CT molecular complexity index is 763. The lowest BCUT2D eigenvalue weighted by Gasteiger charge is -2.05. The third-order valence-electron chi connectivity index (χ3n) is 3.14. The highest BCUT2D eigenvalue weighted by Crippen LogP contribution is 2.30. The average molecular weight is 282 g/mol. The molecule has 0 spiro atoms. The Balaban J connectivity index is 2.00. The lowest BCUT2D eigenvalue weighted by molar-refractivity contribution is 0.413. The molecule has 0 saturated carbocycles. The van der Waals surface area contributed by atoms with E-state index in [1.807, 2.05) is 25.1 Å². The molecule has 5 heteroatoms. The molecule has 0 amide bonds. The van der Waals surface area contributed by atoms with E-state index in [2.05, 4.69) is 10.1 Å². The highest BCUT2D eigenvalue weighted by Gasteiger charge is 2.14. The summed E-state index contributed by atoms with van der Waals surface area (Å²) in [5.74, 6) is 1.76. The number of hydrogen-bond acceptors (Lipinski definition) is 5. The smallest absolute Gasteiger partial charge is 0.258 e. The molecular formula is C16H14N2O3. The summed E-state index contributed by atoms with van der Waals surface area (Å²) in [7, 11) is 1.61. The first kappa shape index (κ1) is 13.2. The Labute approximate surface area is 121 Å². The number of aryl methyl sites for hydroxylation is 1. The van der Waals surface area contributed by atoms with E-state index in [1.165, 1.54) is 0 Å². The number of rotatable bonds is 3. The molecule has 106 valence electrons. The maximum absolute atomic E-state index is 9.30. The van der Waals surface area contributed by atoms with Crippen LogP contribution < -0.4 is 4.74 Å². The van der Waals surface area contributed by atoms with E-state index in [9.17, 15) is 5.11 Å². The standard InChI is InChI=1S/C16H14N2O3/c1-10-3-8-13(14(9-10)20-2)15-17-16(21-18-15)11-4-6-12(19)7-5-11/h3-9,19H,1-2H3. The van der Waals surface area contributed by atoms with E-state index >= 15 is 0 Å². The minimum atomic E-state index is 0.193. The molecule has 2 aromatic carbocycles. The Kier molecular flexibility index (Phi) is 3.31. The molecule has 0 unspecified atom stereocenters. The van der Waals surface area contributed by atoms with Crippen LogP contribution in [-0.2, 0) is 0 Å². The fourth-order valence-corrected chi connectivity index (χ4v) is 2.04. The van der Waals surface area contributed by atoms with E-state index < -0.39 is 0 Å². The van der Waals surface area contributed by atoms with Gasteiger partial charge in [0, 0.05) is 5.56 Å². The molecule has 1 aromatic heterocycles. The maximum Gasteiger partial charge on any atom is 0.258 e. The quantitative estimate of drug-likeness (QED) is 0.797. The SMILES string of the molecule is COc1cc(C)ccc1-c1noc(-c2ccc(O)cc2)n1. The zero-order chi connectivity index (χ0) is 14.8. The highest BCUT2D eigenvalue weighted by atomic mass is 16.5. The van der Waals surface area contributed by atoms with Crippen molar-refractivity contribution >= 4 is 0 Å². The predicted molar refractivity (Wildman–Crippen MR) is 78.1 cm³/mol. The minimum absolute atomic E-state index is 0.193. The number of hydrogen-bond donors (Lipinski definition) is 1. The van der Waals surface area contributed by atoms with Crippen LogP contribution in [0.15, 0.2) is 47.0 Å².